The van der Waals surface area contributed by atoms with Gasteiger partial charge in [0.15, 0.2) is 0 Å². The quantitative estimate of drug-likeness (QED) is 0.717. The summed E-state index contributed by atoms with van der Waals surface area (Å²) in [6.45, 7) is 3.34. The minimum Gasteiger partial charge on any atom is -0.376 e. The predicted molar refractivity (Wildman–Crippen MR) is 85.8 cm³/mol. The van der Waals surface area contributed by atoms with E-state index in [0.717, 1.165) is 30.8 Å². The minimum atomic E-state index is -0.0708. The van der Waals surface area contributed by atoms with E-state index in [0.29, 0.717) is 13.0 Å². The van der Waals surface area contributed by atoms with Crippen LogP contribution >= 0.6 is 0 Å². The van der Waals surface area contributed by atoms with Gasteiger partial charge < -0.3 is 20.7 Å². The molecule has 1 heterocycles. The number of hydrogen-bond acceptors (Lipinski definition) is 4. The number of rotatable bonds is 7. The molecule has 1 unspecified atom stereocenters. The zero-order valence-corrected chi connectivity index (χ0v) is 12.9. The number of carbonyl (C=O) groups is 2. The van der Waals surface area contributed by atoms with Gasteiger partial charge >= 0.3 is 0 Å². The van der Waals surface area contributed by atoms with Crippen molar-refractivity contribution < 1.29 is 14.3 Å². The molecule has 22 heavy (non-hydrogen) atoms. The molecule has 1 saturated heterocycles. The van der Waals surface area contributed by atoms with E-state index in [1.54, 1.807) is 13.0 Å². The van der Waals surface area contributed by atoms with Crippen LogP contribution in [0.4, 0.5) is 11.4 Å². The summed E-state index contributed by atoms with van der Waals surface area (Å²) in [5, 5.41) is 8.69. The molecule has 0 aromatic heterocycles. The molecule has 1 aromatic carbocycles. The molecule has 1 atom stereocenters. The lowest BCUT2D eigenvalue weighted by Crippen LogP contribution is -2.35. The van der Waals surface area contributed by atoms with Crippen molar-refractivity contribution in [2.24, 2.45) is 0 Å². The van der Waals surface area contributed by atoms with Crippen molar-refractivity contribution >= 4 is 23.2 Å². The molecule has 0 saturated carbocycles. The second-order valence-electron chi connectivity index (χ2n) is 5.28. The first kappa shape index (κ1) is 16.3. The Labute approximate surface area is 130 Å². The molecule has 2 rings (SSSR count). The third-order valence-electron chi connectivity index (χ3n) is 3.47. The maximum absolute atomic E-state index is 11.8. The molecule has 1 aliphatic rings. The molecule has 0 aliphatic carbocycles. The van der Waals surface area contributed by atoms with Crippen LogP contribution < -0.4 is 16.0 Å². The first-order valence-corrected chi connectivity index (χ1v) is 7.69. The number of amides is 2. The summed E-state index contributed by atoms with van der Waals surface area (Å²) in [6.07, 6.45) is 2.65. The zero-order chi connectivity index (χ0) is 15.8. The lowest BCUT2D eigenvalue weighted by Gasteiger charge is -2.12. The van der Waals surface area contributed by atoms with Crippen LogP contribution in [0.25, 0.3) is 0 Å². The van der Waals surface area contributed by atoms with Crippen LogP contribution in [0.15, 0.2) is 24.3 Å². The van der Waals surface area contributed by atoms with Crippen LogP contribution in [0.3, 0.4) is 0 Å². The average molecular weight is 305 g/mol. The van der Waals surface area contributed by atoms with E-state index in [9.17, 15) is 9.59 Å². The Morgan fingerprint density at radius 1 is 1.27 bits per heavy atom. The molecule has 6 heteroatoms. The van der Waals surface area contributed by atoms with Gasteiger partial charge in [-0.25, -0.2) is 0 Å². The largest absolute Gasteiger partial charge is 0.376 e. The number of benzene rings is 1. The van der Waals surface area contributed by atoms with Gasteiger partial charge in [0.2, 0.25) is 11.8 Å². The number of carbonyl (C=O) groups excluding carboxylic acids is 2. The van der Waals surface area contributed by atoms with Gasteiger partial charge in [-0.1, -0.05) is 13.0 Å². The van der Waals surface area contributed by atoms with Gasteiger partial charge in [0, 0.05) is 30.9 Å². The van der Waals surface area contributed by atoms with Crippen molar-refractivity contribution in [1.82, 2.24) is 5.32 Å². The van der Waals surface area contributed by atoms with E-state index in [4.69, 9.17) is 4.74 Å². The monoisotopic (exact) mass is 305 g/mol. The highest BCUT2D eigenvalue weighted by Gasteiger charge is 2.15. The summed E-state index contributed by atoms with van der Waals surface area (Å²) >= 11 is 0. The Morgan fingerprint density at radius 3 is 2.82 bits per heavy atom. The molecule has 1 aliphatic heterocycles. The number of hydrogen-bond donors (Lipinski definition) is 3. The van der Waals surface area contributed by atoms with Crippen molar-refractivity contribution in [3.05, 3.63) is 24.3 Å². The van der Waals surface area contributed by atoms with Crippen LogP contribution in [0, 0.1) is 0 Å². The Hall–Kier alpha value is -2.08. The predicted octanol–water partition coefficient (Wildman–Crippen LogP) is 1.74. The lowest BCUT2D eigenvalue weighted by molar-refractivity contribution is -0.120. The van der Waals surface area contributed by atoms with Gasteiger partial charge in [-0.05, 0) is 31.0 Å². The van der Waals surface area contributed by atoms with Crippen LogP contribution in [-0.4, -0.2) is 37.6 Å². The van der Waals surface area contributed by atoms with Crippen molar-refractivity contribution in [2.75, 3.05) is 30.3 Å². The number of anilines is 2. The van der Waals surface area contributed by atoms with Crippen molar-refractivity contribution in [1.29, 1.82) is 0 Å². The first-order chi connectivity index (χ1) is 10.7. The smallest absolute Gasteiger partial charge is 0.239 e. The molecule has 1 fully saturated rings. The number of nitrogens with one attached hydrogen (secondary N) is 3. The molecule has 0 bridgehead atoms. The molecular weight excluding hydrogens is 282 g/mol. The topological polar surface area (TPSA) is 79.5 Å². The van der Waals surface area contributed by atoms with Crippen LogP contribution in [0.5, 0.6) is 0 Å². The first-order valence-electron chi connectivity index (χ1n) is 7.69. The molecule has 3 N–H and O–H groups in total. The van der Waals surface area contributed by atoms with Crippen LogP contribution in [0.1, 0.15) is 26.2 Å². The normalized spacial score (nSPS) is 17.0. The summed E-state index contributed by atoms with van der Waals surface area (Å²) in [7, 11) is 0. The van der Waals surface area contributed by atoms with Crippen LogP contribution in [-0.2, 0) is 14.3 Å². The van der Waals surface area contributed by atoms with E-state index < -0.39 is 0 Å². The Morgan fingerprint density at radius 2 is 2.09 bits per heavy atom. The summed E-state index contributed by atoms with van der Waals surface area (Å²) in [4.78, 5) is 23.1. The van der Waals surface area contributed by atoms with E-state index >= 15 is 0 Å². The third kappa shape index (κ3) is 5.37. The van der Waals surface area contributed by atoms with Crippen LogP contribution in [0.2, 0.25) is 0 Å². The number of ether oxygens (including phenoxy) is 1. The van der Waals surface area contributed by atoms with Gasteiger partial charge in [0.1, 0.15) is 0 Å². The standard InChI is InChI=1S/C16H23N3O3/c1-2-15(20)19-13-6-3-5-12(9-13)17-11-16(21)18-10-14-7-4-8-22-14/h3,5-6,9,14,17H,2,4,7-8,10-11H2,1H3,(H,18,21)(H,19,20). The molecule has 120 valence electrons. The molecule has 0 radical (unpaired) electrons. The van der Waals surface area contributed by atoms with Crippen molar-refractivity contribution in [2.45, 2.75) is 32.3 Å². The van der Waals surface area contributed by atoms with Crippen molar-refractivity contribution in [3.63, 3.8) is 0 Å². The van der Waals surface area contributed by atoms with Crippen molar-refractivity contribution in [3.8, 4) is 0 Å². The fourth-order valence-electron chi connectivity index (χ4n) is 2.23. The highest BCUT2D eigenvalue weighted by Crippen LogP contribution is 2.15. The molecule has 0 spiro atoms. The summed E-state index contributed by atoms with van der Waals surface area (Å²) in [5.74, 6) is -0.107. The maximum atomic E-state index is 11.8. The minimum absolute atomic E-state index is 0.0357. The van der Waals surface area contributed by atoms with Gasteiger partial charge in [-0.15, -0.1) is 0 Å². The average Bonchev–Trinajstić information content (AvgIpc) is 3.04. The highest BCUT2D eigenvalue weighted by atomic mass is 16.5. The molecule has 1 aromatic rings. The fourth-order valence-corrected chi connectivity index (χ4v) is 2.23. The summed E-state index contributed by atoms with van der Waals surface area (Å²) in [5.41, 5.74) is 1.51. The highest BCUT2D eigenvalue weighted by molar-refractivity contribution is 5.91. The summed E-state index contributed by atoms with van der Waals surface area (Å²) < 4.78 is 5.45. The third-order valence-corrected chi connectivity index (χ3v) is 3.47. The van der Waals surface area contributed by atoms with E-state index in [1.807, 2.05) is 18.2 Å². The molecule has 2 amide bonds. The van der Waals surface area contributed by atoms with Gasteiger partial charge in [-0.2, -0.15) is 0 Å². The molecular formula is C16H23N3O3. The van der Waals surface area contributed by atoms with E-state index in [1.165, 1.54) is 0 Å². The van der Waals surface area contributed by atoms with E-state index in [2.05, 4.69) is 16.0 Å². The SMILES string of the molecule is CCC(=O)Nc1cccc(NCC(=O)NCC2CCCO2)c1. The van der Waals surface area contributed by atoms with Gasteiger partial charge in [0.05, 0.1) is 12.6 Å². The van der Waals surface area contributed by atoms with E-state index in [-0.39, 0.29) is 24.5 Å². The summed E-state index contributed by atoms with van der Waals surface area (Å²) in [6, 6.07) is 7.31. The van der Waals surface area contributed by atoms with Gasteiger partial charge in [0.25, 0.3) is 0 Å². The Kier molecular flexibility index (Phi) is 6.21. The second-order valence-corrected chi connectivity index (χ2v) is 5.28. The fraction of sp³-hybridized carbons (Fsp3) is 0.500. The maximum Gasteiger partial charge on any atom is 0.239 e. The Bertz CT molecular complexity index is 513. The lowest BCUT2D eigenvalue weighted by atomic mass is 10.2. The second kappa shape index (κ2) is 8.38. The Balaban J connectivity index is 1.74. The van der Waals surface area contributed by atoms with Gasteiger partial charge in [-0.3, -0.25) is 9.59 Å². The molecule has 6 nitrogen and oxygen atoms in total. The zero-order valence-electron chi connectivity index (χ0n) is 12.9.